The minimum atomic E-state index is 0.744. The van der Waals surface area contributed by atoms with E-state index in [0.29, 0.717) is 0 Å². The van der Waals surface area contributed by atoms with Crippen molar-refractivity contribution in [1.82, 2.24) is 9.97 Å². The number of hydrogen-bond acceptors (Lipinski definition) is 4. The number of hydrogen-bond donors (Lipinski definition) is 0. The molecule has 3 aromatic rings. The maximum atomic E-state index is 5.22. The summed E-state index contributed by atoms with van der Waals surface area (Å²) in [5.74, 6) is 2.39. The fourth-order valence-electron chi connectivity index (χ4n) is 2.42. The van der Waals surface area contributed by atoms with Crippen molar-refractivity contribution in [1.29, 1.82) is 0 Å². The van der Waals surface area contributed by atoms with Crippen LogP contribution in [-0.4, -0.2) is 24.2 Å². The molecular weight excluding hydrogens is 288 g/mol. The summed E-state index contributed by atoms with van der Waals surface area (Å²) in [5.41, 5.74) is 3.98. The molecule has 1 aromatic heterocycles. The van der Waals surface area contributed by atoms with Gasteiger partial charge in [0.1, 0.15) is 17.3 Å². The minimum Gasteiger partial charge on any atom is -0.497 e. The number of methoxy groups -OCH3 is 2. The smallest absolute Gasteiger partial charge is 0.125 e. The van der Waals surface area contributed by atoms with E-state index in [1.54, 1.807) is 14.2 Å². The van der Waals surface area contributed by atoms with Crippen LogP contribution in [0.25, 0.3) is 22.4 Å². The molecule has 0 amide bonds. The van der Waals surface area contributed by atoms with E-state index in [1.807, 2.05) is 61.7 Å². The second-order valence-corrected chi connectivity index (χ2v) is 5.14. The lowest BCUT2D eigenvalue weighted by Crippen LogP contribution is -1.95. The second-order valence-electron chi connectivity index (χ2n) is 5.14. The normalized spacial score (nSPS) is 10.4. The first kappa shape index (κ1) is 15.0. The van der Waals surface area contributed by atoms with E-state index in [-0.39, 0.29) is 0 Å². The molecule has 0 spiro atoms. The van der Waals surface area contributed by atoms with Gasteiger partial charge in [-0.05, 0) is 48.9 Å². The van der Waals surface area contributed by atoms with E-state index in [0.717, 1.165) is 39.7 Å². The highest BCUT2D eigenvalue weighted by atomic mass is 16.5. The van der Waals surface area contributed by atoms with E-state index in [1.165, 1.54) is 0 Å². The lowest BCUT2D eigenvalue weighted by atomic mass is 10.0. The largest absolute Gasteiger partial charge is 0.497 e. The van der Waals surface area contributed by atoms with Gasteiger partial charge in [-0.25, -0.2) is 9.97 Å². The lowest BCUT2D eigenvalue weighted by Gasteiger charge is -2.11. The van der Waals surface area contributed by atoms with Crippen LogP contribution < -0.4 is 9.47 Å². The Morgan fingerprint density at radius 2 is 1.26 bits per heavy atom. The molecule has 4 nitrogen and oxygen atoms in total. The maximum absolute atomic E-state index is 5.22. The topological polar surface area (TPSA) is 44.2 Å². The summed E-state index contributed by atoms with van der Waals surface area (Å²) >= 11 is 0. The Morgan fingerprint density at radius 1 is 0.739 bits per heavy atom. The number of aryl methyl sites for hydroxylation is 1. The van der Waals surface area contributed by atoms with Crippen LogP contribution in [0, 0.1) is 6.92 Å². The number of ether oxygens (including phenoxy) is 2. The fourth-order valence-corrected chi connectivity index (χ4v) is 2.42. The molecule has 0 aliphatic rings. The maximum Gasteiger partial charge on any atom is 0.125 e. The molecule has 23 heavy (non-hydrogen) atoms. The molecule has 0 unspecified atom stereocenters. The molecule has 116 valence electrons. The van der Waals surface area contributed by atoms with Gasteiger partial charge in [0, 0.05) is 17.3 Å². The number of benzene rings is 2. The lowest BCUT2D eigenvalue weighted by molar-refractivity contribution is 0.414. The average molecular weight is 306 g/mol. The van der Waals surface area contributed by atoms with Gasteiger partial charge in [0.15, 0.2) is 0 Å². The SMILES string of the molecule is COc1ccc(-c2cnc(C)nc2-c2ccc(OC)cc2)cc1. The van der Waals surface area contributed by atoms with Gasteiger partial charge in [-0.2, -0.15) is 0 Å². The molecular formula is C19H18N2O2. The molecule has 1 heterocycles. The Kier molecular flexibility index (Phi) is 4.24. The second kappa shape index (κ2) is 6.48. The highest BCUT2D eigenvalue weighted by molar-refractivity contribution is 5.80. The van der Waals surface area contributed by atoms with Crippen LogP contribution in [0.2, 0.25) is 0 Å². The van der Waals surface area contributed by atoms with Gasteiger partial charge in [0.25, 0.3) is 0 Å². The quantitative estimate of drug-likeness (QED) is 0.727. The first-order valence-electron chi connectivity index (χ1n) is 7.34. The summed E-state index contributed by atoms with van der Waals surface area (Å²) < 4.78 is 10.4. The zero-order chi connectivity index (χ0) is 16.2. The predicted molar refractivity (Wildman–Crippen MR) is 90.7 cm³/mol. The Morgan fingerprint density at radius 3 is 1.78 bits per heavy atom. The van der Waals surface area contributed by atoms with Crippen LogP contribution in [0.3, 0.4) is 0 Å². The van der Waals surface area contributed by atoms with Crippen LogP contribution in [0.15, 0.2) is 54.7 Å². The molecule has 0 fully saturated rings. The van der Waals surface area contributed by atoms with Crippen LogP contribution in [0.5, 0.6) is 11.5 Å². The van der Waals surface area contributed by atoms with Crippen LogP contribution in [0.4, 0.5) is 0 Å². The van der Waals surface area contributed by atoms with E-state index < -0.39 is 0 Å². The summed E-state index contributed by atoms with van der Waals surface area (Å²) in [5, 5.41) is 0. The monoisotopic (exact) mass is 306 g/mol. The highest BCUT2D eigenvalue weighted by Gasteiger charge is 2.11. The van der Waals surface area contributed by atoms with Crippen LogP contribution in [-0.2, 0) is 0 Å². The van der Waals surface area contributed by atoms with Gasteiger partial charge < -0.3 is 9.47 Å². The molecule has 0 saturated heterocycles. The third-order valence-electron chi connectivity index (χ3n) is 3.67. The standard InChI is InChI=1S/C19H18N2O2/c1-13-20-12-18(14-4-8-16(22-2)9-5-14)19(21-13)15-6-10-17(23-3)11-7-15/h4-12H,1-3H3. The van der Waals surface area contributed by atoms with E-state index in [2.05, 4.69) is 9.97 Å². The van der Waals surface area contributed by atoms with Gasteiger partial charge in [0.2, 0.25) is 0 Å². The van der Waals surface area contributed by atoms with Gasteiger partial charge in [-0.15, -0.1) is 0 Å². The number of nitrogens with zero attached hydrogens (tertiary/aromatic N) is 2. The van der Waals surface area contributed by atoms with Crippen molar-refractivity contribution in [3.63, 3.8) is 0 Å². The fraction of sp³-hybridized carbons (Fsp3) is 0.158. The van der Waals surface area contributed by atoms with Crippen molar-refractivity contribution < 1.29 is 9.47 Å². The molecule has 4 heteroatoms. The molecule has 0 N–H and O–H groups in total. The summed E-state index contributed by atoms with van der Waals surface area (Å²) in [6, 6.07) is 15.8. The molecule has 0 radical (unpaired) electrons. The van der Waals surface area contributed by atoms with Crippen molar-refractivity contribution >= 4 is 0 Å². The van der Waals surface area contributed by atoms with E-state index in [4.69, 9.17) is 9.47 Å². The average Bonchev–Trinajstić information content (AvgIpc) is 2.62. The Labute approximate surface area is 135 Å². The molecule has 3 rings (SSSR count). The van der Waals surface area contributed by atoms with Crippen molar-refractivity contribution in [3.05, 3.63) is 60.6 Å². The molecule has 0 bridgehead atoms. The van der Waals surface area contributed by atoms with Crippen molar-refractivity contribution in [2.24, 2.45) is 0 Å². The molecule has 0 aliphatic heterocycles. The van der Waals surface area contributed by atoms with Crippen molar-refractivity contribution in [2.75, 3.05) is 14.2 Å². The van der Waals surface area contributed by atoms with Gasteiger partial charge in [0.05, 0.1) is 19.9 Å². The summed E-state index contributed by atoms with van der Waals surface area (Å²) in [7, 11) is 3.32. The Bertz CT molecular complexity index is 797. The zero-order valence-corrected chi connectivity index (χ0v) is 13.4. The summed E-state index contributed by atoms with van der Waals surface area (Å²) in [4.78, 5) is 8.99. The first-order valence-corrected chi connectivity index (χ1v) is 7.34. The minimum absolute atomic E-state index is 0.744. The van der Waals surface area contributed by atoms with Gasteiger partial charge in [-0.1, -0.05) is 12.1 Å². The Balaban J connectivity index is 2.09. The number of aromatic nitrogens is 2. The highest BCUT2D eigenvalue weighted by Crippen LogP contribution is 2.31. The van der Waals surface area contributed by atoms with E-state index in [9.17, 15) is 0 Å². The zero-order valence-electron chi connectivity index (χ0n) is 13.4. The summed E-state index contributed by atoms with van der Waals surface area (Å²) in [6.07, 6.45) is 1.86. The van der Waals surface area contributed by atoms with Gasteiger partial charge in [-0.3, -0.25) is 0 Å². The Hall–Kier alpha value is -2.88. The predicted octanol–water partition coefficient (Wildman–Crippen LogP) is 4.14. The molecule has 2 aromatic carbocycles. The third kappa shape index (κ3) is 3.16. The van der Waals surface area contributed by atoms with Crippen molar-refractivity contribution in [3.8, 4) is 33.9 Å². The van der Waals surface area contributed by atoms with E-state index >= 15 is 0 Å². The molecule has 0 saturated carbocycles. The number of rotatable bonds is 4. The molecule has 0 atom stereocenters. The van der Waals surface area contributed by atoms with Crippen LogP contribution >= 0.6 is 0 Å². The van der Waals surface area contributed by atoms with Gasteiger partial charge >= 0.3 is 0 Å². The summed E-state index contributed by atoms with van der Waals surface area (Å²) in [6.45, 7) is 1.89. The van der Waals surface area contributed by atoms with Crippen molar-refractivity contribution in [2.45, 2.75) is 6.92 Å². The third-order valence-corrected chi connectivity index (χ3v) is 3.67. The first-order chi connectivity index (χ1) is 11.2. The molecule has 0 aliphatic carbocycles. The van der Waals surface area contributed by atoms with Crippen LogP contribution in [0.1, 0.15) is 5.82 Å².